The van der Waals surface area contributed by atoms with Gasteiger partial charge in [0.2, 0.25) is 0 Å². The first kappa shape index (κ1) is 10.3. The molecule has 0 bridgehead atoms. The number of likely N-dealkylation sites (tertiary alicyclic amines) is 1. The standard InChI is InChI=1S/C13H14N2O2/c16-12(17)15-7-5-13(6-8-15)9-14-11-4-2-1-3-10(11)13/h1-4,9H,5-8H2,(H,16,17). The molecule has 1 spiro atoms. The maximum absolute atomic E-state index is 10.9. The zero-order chi connectivity index (χ0) is 11.9. The Kier molecular flexibility index (Phi) is 2.18. The summed E-state index contributed by atoms with van der Waals surface area (Å²) in [5.74, 6) is 0. The predicted molar refractivity (Wildman–Crippen MR) is 65.1 cm³/mol. The van der Waals surface area contributed by atoms with E-state index in [1.807, 2.05) is 24.4 Å². The topological polar surface area (TPSA) is 52.9 Å². The van der Waals surface area contributed by atoms with Gasteiger partial charge >= 0.3 is 6.09 Å². The number of nitrogens with zero attached hydrogens (tertiary/aromatic N) is 2. The first-order valence-electron chi connectivity index (χ1n) is 5.84. The Morgan fingerprint density at radius 1 is 1.29 bits per heavy atom. The number of benzene rings is 1. The van der Waals surface area contributed by atoms with Crippen molar-refractivity contribution in [2.45, 2.75) is 18.3 Å². The number of amides is 1. The van der Waals surface area contributed by atoms with Gasteiger partial charge < -0.3 is 10.0 Å². The molecule has 1 aromatic rings. The number of aliphatic imine (C=N–C) groups is 1. The van der Waals surface area contributed by atoms with Gasteiger partial charge in [0.1, 0.15) is 0 Å². The van der Waals surface area contributed by atoms with Crippen molar-refractivity contribution in [3.8, 4) is 0 Å². The molecular formula is C13H14N2O2. The molecule has 1 N–H and O–H groups in total. The van der Waals surface area contributed by atoms with Crippen LogP contribution >= 0.6 is 0 Å². The number of piperidine rings is 1. The van der Waals surface area contributed by atoms with Crippen molar-refractivity contribution >= 4 is 18.0 Å². The Morgan fingerprint density at radius 3 is 2.71 bits per heavy atom. The maximum atomic E-state index is 10.9. The van der Waals surface area contributed by atoms with Gasteiger partial charge in [-0.1, -0.05) is 18.2 Å². The monoisotopic (exact) mass is 230 g/mol. The lowest BCUT2D eigenvalue weighted by Gasteiger charge is -2.36. The minimum absolute atomic E-state index is 0.0253. The van der Waals surface area contributed by atoms with E-state index in [9.17, 15) is 4.79 Å². The Balaban J connectivity index is 1.87. The summed E-state index contributed by atoms with van der Waals surface area (Å²) in [6.45, 7) is 1.19. The van der Waals surface area contributed by atoms with E-state index in [0.717, 1.165) is 18.5 Å². The molecule has 0 aliphatic carbocycles. The summed E-state index contributed by atoms with van der Waals surface area (Å²) >= 11 is 0. The van der Waals surface area contributed by atoms with E-state index in [1.165, 1.54) is 10.5 Å². The van der Waals surface area contributed by atoms with Gasteiger partial charge in [0.05, 0.1) is 5.69 Å². The lowest BCUT2D eigenvalue weighted by atomic mass is 9.75. The second kappa shape index (κ2) is 3.58. The highest BCUT2D eigenvalue weighted by molar-refractivity contribution is 5.85. The van der Waals surface area contributed by atoms with Crippen LogP contribution in [-0.2, 0) is 5.41 Å². The molecule has 0 saturated carbocycles. The summed E-state index contributed by atoms with van der Waals surface area (Å²) in [5, 5.41) is 8.96. The van der Waals surface area contributed by atoms with E-state index < -0.39 is 6.09 Å². The normalized spacial score (nSPS) is 20.6. The van der Waals surface area contributed by atoms with Crippen molar-refractivity contribution < 1.29 is 9.90 Å². The third-order valence-corrected chi connectivity index (χ3v) is 3.82. The Hall–Kier alpha value is -1.84. The maximum Gasteiger partial charge on any atom is 0.407 e. The van der Waals surface area contributed by atoms with Crippen molar-refractivity contribution in [3.05, 3.63) is 29.8 Å². The van der Waals surface area contributed by atoms with E-state index >= 15 is 0 Å². The van der Waals surface area contributed by atoms with Gasteiger partial charge in [-0.3, -0.25) is 4.99 Å². The molecule has 4 nitrogen and oxygen atoms in total. The van der Waals surface area contributed by atoms with Crippen LogP contribution < -0.4 is 0 Å². The summed E-state index contributed by atoms with van der Waals surface area (Å²) in [7, 11) is 0. The first-order valence-corrected chi connectivity index (χ1v) is 5.84. The number of rotatable bonds is 0. The van der Waals surface area contributed by atoms with Crippen LogP contribution in [0.5, 0.6) is 0 Å². The van der Waals surface area contributed by atoms with Crippen LogP contribution in [0.4, 0.5) is 10.5 Å². The van der Waals surface area contributed by atoms with Crippen molar-refractivity contribution in [1.82, 2.24) is 4.90 Å². The van der Waals surface area contributed by atoms with E-state index in [0.29, 0.717) is 13.1 Å². The molecule has 1 amide bonds. The van der Waals surface area contributed by atoms with E-state index in [-0.39, 0.29) is 5.41 Å². The minimum Gasteiger partial charge on any atom is -0.465 e. The number of hydrogen-bond donors (Lipinski definition) is 1. The second-order valence-electron chi connectivity index (χ2n) is 4.70. The quantitative estimate of drug-likeness (QED) is 0.744. The predicted octanol–water partition coefficient (Wildman–Crippen LogP) is 2.41. The molecule has 0 aromatic heterocycles. The Labute approximate surface area is 99.6 Å². The van der Waals surface area contributed by atoms with E-state index in [4.69, 9.17) is 5.11 Å². The molecule has 17 heavy (non-hydrogen) atoms. The summed E-state index contributed by atoms with van der Waals surface area (Å²) in [6.07, 6.45) is 2.86. The Bertz CT molecular complexity index is 488. The summed E-state index contributed by atoms with van der Waals surface area (Å²) in [6, 6.07) is 8.14. The molecule has 2 aliphatic heterocycles. The fourth-order valence-corrected chi connectivity index (χ4v) is 2.77. The lowest BCUT2D eigenvalue weighted by molar-refractivity contribution is 0.127. The van der Waals surface area contributed by atoms with Crippen LogP contribution in [0.25, 0.3) is 0 Å². The molecule has 2 heterocycles. The van der Waals surface area contributed by atoms with Gasteiger partial charge in [-0.2, -0.15) is 0 Å². The highest BCUT2D eigenvalue weighted by Gasteiger charge is 2.40. The third kappa shape index (κ3) is 1.52. The van der Waals surface area contributed by atoms with Gasteiger partial charge in [0.15, 0.2) is 0 Å². The zero-order valence-corrected chi connectivity index (χ0v) is 9.47. The molecule has 3 rings (SSSR count). The minimum atomic E-state index is -0.817. The average Bonchev–Trinajstić information content (AvgIpc) is 2.70. The van der Waals surface area contributed by atoms with Crippen LogP contribution in [-0.4, -0.2) is 35.4 Å². The Morgan fingerprint density at radius 2 is 2.00 bits per heavy atom. The molecular weight excluding hydrogens is 216 g/mol. The molecule has 0 radical (unpaired) electrons. The number of para-hydroxylation sites is 1. The number of hydrogen-bond acceptors (Lipinski definition) is 2. The highest BCUT2D eigenvalue weighted by atomic mass is 16.4. The van der Waals surface area contributed by atoms with Crippen LogP contribution in [0.1, 0.15) is 18.4 Å². The number of carboxylic acid groups (broad SMARTS) is 1. The van der Waals surface area contributed by atoms with Crippen LogP contribution in [0.15, 0.2) is 29.3 Å². The summed E-state index contributed by atoms with van der Waals surface area (Å²) in [4.78, 5) is 16.8. The van der Waals surface area contributed by atoms with Crippen LogP contribution in [0.2, 0.25) is 0 Å². The van der Waals surface area contributed by atoms with Crippen LogP contribution in [0, 0.1) is 0 Å². The third-order valence-electron chi connectivity index (χ3n) is 3.82. The highest BCUT2D eigenvalue weighted by Crippen LogP contribution is 2.43. The first-order chi connectivity index (χ1) is 8.21. The zero-order valence-electron chi connectivity index (χ0n) is 9.47. The fourth-order valence-electron chi connectivity index (χ4n) is 2.77. The SMILES string of the molecule is O=C(O)N1CCC2(C=Nc3ccccc32)CC1. The molecule has 88 valence electrons. The van der Waals surface area contributed by atoms with Gasteiger partial charge in [0.25, 0.3) is 0 Å². The summed E-state index contributed by atoms with van der Waals surface area (Å²) < 4.78 is 0. The van der Waals surface area contributed by atoms with Gasteiger partial charge in [-0.25, -0.2) is 4.79 Å². The van der Waals surface area contributed by atoms with Gasteiger partial charge in [-0.15, -0.1) is 0 Å². The largest absolute Gasteiger partial charge is 0.465 e. The number of carbonyl (C=O) groups is 1. The lowest BCUT2D eigenvalue weighted by Crippen LogP contribution is -2.44. The smallest absolute Gasteiger partial charge is 0.407 e. The van der Waals surface area contributed by atoms with E-state index in [1.54, 1.807) is 0 Å². The van der Waals surface area contributed by atoms with Gasteiger partial charge in [0, 0.05) is 24.7 Å². The average molecular weight is 230 g/mol. The molecule has 4 heteroatoms. The molecule has 1 fully saturated rings. The van der Waals surface area contributed by atoms with Gasteiger partial charge in [-0.05, 0) is 24.5 Å². The van der Waals surface area contributed by atoms with Crippen LogP contribution in [0.3, 0.4) is 0 Å². The molecule has 2 aliphatic rings. The van der Waals surface area contributed by atoms with Crippen molar-refractivity contribution in [2.24, 2.45) is 4.99 Å². The second-order valence-corrected chi connectivity index (χ2v) is 4.70. The van der Waals surface area contributed by atoms with E-state index in [2.05, 4.69) is 11.1 Å². The van der Waals surface area contributed by atoms with Crippen molar-refractivity contribution in [1.29, 1.82) is 0 Å². The van der Waals surface area contributed by atoms with Crippen molar-refractivity contribution in [3.63, 3.8) is 0 Å². The molecule has 0 unspecified atom stereocenters. The molecule has 1 saturated heterocycles. The molecule has 0 atom stereocenters. The van der Waals surface area contributed by atoms with Crippen molar-refractivity contribution in [2.75, 3.05) is 13.1 Å². The fraction of sp³-hybridized carbons (Fsp3) is 0.385. The molecule has 1 aromatic carbocycles. The summed E-state index contributed by atoms with van der Waals surface area (Å²) in [5.41, 5.74) is 2.27. The number of fused-ring (bicyclic) bond motifs is 2.